The number of rotatable bonds is 1. The van der Waals surface area contributed by atoms with E-state index < -0.39 is 5.38 Å². The summed E-state index contributed by atoms with van der Waals surface area (Å²) in [6.45, 7) is 3.11. The van der Waals surface area contributed by atoms with E-state index in [0.717, 1.165) is 19.3 Å². The van der Waals surface area contributed by atoms with Crippen molar-refractivity contribution in [3.63, 3.8) is 0 Å². The molecule has 1 amide bonds. The maximum Gasteiger partial charge on any atom is 0.240 e. The third kappa shape index (κ3) is 1.75. The summed E-state index contributed by atoms with van der Waals surface area (Å²) in [5.74, 6) is 0.0619. The number of ether oxygens (including phenoxy) is 1. The average molecular weight is 218 g/mol. The van der Waals surface area contributed by atoms with E-state index in [-0.39, 0.29) is 18.1 Å². The summed E-state index contributed by atoms with van der Waals surface area (Å²) in [5, 5.41) is -0.408. The summed E-state index contributed by atoms with van der Waals surface area (Å²) in [5.41, 5.74) is 0. The zero-order chi connectivity index (χ0) is 10.1. The van der Waals surface area contributed by atoms with E-state index in [1.54, 1.807) is 6.92 Å². The molecule has 1 heterocycles. The van der Waals surface area contributed by atoms with Crippen LogP contribution in [0, 0.1) is 0 Å². The molecule has 1 aliphatic carbocycles. The fraction of sp³-hybridized carbons (Fsp3) is 0.900. The number of carbonyl (C=O) groups is 1. The van der Waals surface area contributed by atoms with Crippen LogP contribution < -0.4 is 0 Å². The molecule has 0 spiro atoms. The van der Waals surface area contributed by atoms with Gasteiger partial charge in [0.15, 0.2) is 0 Å². The molecule has 1 saturated carbocycles. The molecule has 0 aromatic rings. The molecule has 0 aromatic carbocycles. The molecular formula is C10H16ClNO2. The van der Waals surface area contributed by atoms with Gasteiger partial charge in [0.25, 0.3) is 0 Å². The molecule has 3 unspecified atom stereocenters. The van der Waals surface area contributed by atoms with E-state index in [4.69, 9.17) is 16.3 Å². The fourth-order valence-corrected chi connectivity index (χ4v) is 2.55. The lowest BCUT2D eigenvalue weighted by Crippen LogP contribution is -2.53. The van der Waals surface area contributed by atoms with Crippen molar-refractivity contribution in [2.45, 2.75) is 43.7 Å². The highest BCUT2D eigenvalue weighted by molar-refractivity contribution is 6.30. The van der Waals surface area contributed by atoms with E-state index in [2.05, 4.69) is 0 Å². The summed E-state index contributed by atoms with van der Waals surface area (Å²) in [4.78, 5) is 13.7. The highest BCUT2D eigenvalue weighted by Gasteiger charge is 2.39. The highest BCUT2D eigenvalue weighted by Crippen LogP contribution is 2.30. The molecule has 0 radical (unpaired) electrons. The Morgan fingerprint density at radius 1 is 1.57 bits per heavy atom. The Kier molecular flexibility index (Phi) is 2.98. The van der Waals surface area contributed by atoms with E-state index in [1.807, 2.05) is 4.90 Å². The summed E-state index contributed by atoms with van der Waals surface area (Å²) >= 11 is 5.82. The number of hydrogen-bond donors (Lipinski definition) is 0. The Bertz CT molecular complexity index is 232. The molecule has 1 saturated heterocycles. The van der Waals surface area contributed by atoms with Gasteiger partial charge in [-0.1, -0.05) is 0 Å². The molecular weight excluding hydrogens is 202 g/mol. The number of carbonyl (C=O) groups excluding carboxylic acids is 1. The van der Waals surface area contributed by atoms with Gasteiger partial charge >= 0.3 is 0 Å². The summed E-state index contributed by atoms with van der Waals surface area (Å²) < 4.78 is 5.63. The van der Waals surface area contributed by atoms with E-state index in [0.29, 0.717) is 13.2 Å². The number of amides is 1. The van der Waals surface area contributed by atoms with Crippen molar-refractivity contribution < 1.29 is 9.53 Å². The second kappa shape index (κ2) is 4.07. The van der Waals surface area contributed by atoms with E-state index in [1.165, 1.54) is 0 Å². The Morgan fingerprint density at radius 3 is 3.07 bits per heavy atom. The van der Waals surface area contributed by atoms with Crippen LogP contribution in [-0.2, 0) is 9.53 Å². The van der Waals surface area contributed by atoms with Crippen molar-refractivity contribution in [3.8, 4) is 0 Å². The van der Waals surface area contributed by atoms with Crippen molar-refractivity contribution in [2.24, 2.45) is 0 Å². The van der Waals surface area contributed by atoms with Gasteiger partial charge in [-0.05, 0) is 26.2 Å². The lowest BCUT2D eigenvalue weighted by atomic mass is 10.1. The molecule has 2 fully saturated rings. The monoisotopic (exact) mass is 217 g/mol. The topological polar surface area (TPSA) is 29.5 Å². The van der Waals surface area contributed by atoms with Crippen LogP contribution in [0.4, 0.5) is 0 Å². The molecule has 0 aromatic heterocycles. The predicted molar refractivity (Wildman–Crippen MR) is 54.4 cm³/mol. The lowest BCUT2D eigenvalue weighted by Gasteiger charge is -2.38. The van der Waals surface area contributed by atoms with Crippen LogP contribution >= 0.6 is 11.6 Å². The Labute approximate surface area is 89.4 Å². The van der Waals surface area contributed by atoms with Crippen molar-refractivity contribution in [3.05, 3.63) is 0 Å². The molecule has 80 valence electrons. The van der Waals surface area contributed by atoms with Crippen LogP contribution in [0.1, 0.15) is 26.2 Å². The Morgan fingerprint density at radius 2 is 2.36 bits per heavy atom. The number of hydrogen-bond acceptors (Lipinski definition) is 2. The summed E-state index contributed by atoms with van der Waals surface area (Å²) in [6.07, 6.45) is 3.59. The minimum absolute atomic E-state index is 0.0619. The molecule has 0 N–H and O–H groups in total. The second-order valence-corrected chi connectivity index (χ2v) is 4.71. The standard InChI is InChI=1S/C10H16ClNO2/c1-7(11)10(13)12-5-6-14-9-4-2-3-8(9)12/h7-9H,2-6H2,1H3. The predicted octanol–water partition coefficient (Wildman–Crippen LogP) is 1.39. The van der Waals surface area contributed by atoms with E-state index >= 15 is 0 Å². The molecule has 2 rings (SSSR count). The first-order valence-electron chi connectivity index (χ1n) is 5.26. The third-order valence-corrected chi connectivity index (χ3v) is 3.29. The van der Waals surface area contributed by atoms with Gasteiger partial charge in [-0.2, -0.15) is 0 Å². The van der Waals surface area contributed by atoms with Gasteiger partial charge in [-0.3, -0.25) is 4.79 Å². The maximum absolute atomic E-state index is 11.8. The van der Waals surface area contributed by atoms with Crippen molar-refractivity contribution in [1.29, 1.82) is 0 Å². The van der Waals surface area contributed by atoms with Crippen LogP contribution in [0.15, 0.2) is 0 Å². The number of fused-ring (bicyclic) bond motifs is 1. The van der Waals surface area contributed by atoms with Crippen LogP contribution in [0.2, 0.25) is 0 Å². The SMILES string of the molecule is CC(Cl)C(=O)N1CCOC2CCCC21. The highest BCUT2D eigenvalue weighted by atomic mass is 35.5. The second-order valence-electron chi connectivity index (χ2n) is 4.06. The van der Waals surface area contributed by atoms with Gasteiger partial charge in [-0.15, -0.1) is 11.6 Å². The number of alkyl halides is 1. The molecule has 14 heavy (non-hydrogen) atoms. The van der Waals surface area contributed by atoms with Crippen LogP contribution in [0.25, 0.3) is 0 Å². The first kappa shape index (κ1) is 10.2. The number of nitrogens with zero attached hydrogens (tertiary/aromatic N) is 1. The largest absolute Gasteiger partial charge is 0.374 e. The van der Waals surface area contributed by atoms with Gasteiger partial charge in [0.05, 0.1) is 18.8 Å². The number of morpholine rings is 1. The third-order valence-electron chi connectivity index (χ3n) is 3.11. The first-order chi connectivity index (χ1) is 6.70. The molecule has 3 nitrogen and oxygen atoms in total. The summed E-state index contributed by atoms with van der Waals surface area (Å²) in [6, 6.07) is 0.289. The van der Waals surface area contributed by atoms with Crippen molar-refractivity contribution in [2.75, 3.05) is 13.2 Å². The number of halogens is 1. The quantitative estimate of drug-likeness (QED) is 0.622. The molecule has 4 heteroatoms. The van der Waals surface area contributed by atoms with Gasteiger partial charge in [0.1, 0.15) is 5.38 Å². The fourth-order valence-electron chi connectivity index (χ4n) is 2.43. The normalized spacial score (nSPS) is 34.0. The van der Waals surface area contributed by atoms with Gasteiger partial charge in [0.2, 0.25) is 5.91 Å². The van der Waals surface area contributed by atoms with Crippen LogP contribution in [0.5, 0.6) is 0 Å². The molecule has 0 bridgehead atoms. The molecule has 1 aliphatic heterocycles. The first-order valence-corrected chi connectivity index (χ1v) is 5.70. The zero-order valence-corrected chi connectivity index (χ0v) is 9.17. The minimum atomic E-state index is -0.408. The average Bonchev–Trinajstić information content (AvgIpc) is 2.63. The minimum Gasteiger partial charge on any atom is -0.374 e. The van der Waals surface area contributed by atoms with Crippen LogP contribution in [-0.4, -0.2) is 41.5 Å². The van der Waals surface area contributed by atoms with E-state index in [9.17, 15) is 4.79 Å². The molecule has 2 aliphatic rings. The lowest BCUT2D eigenvalue weighted by molar-refractivity contribution is -0.143. The molecule has 3 atom stereocenters. The van der Waals surface area contributed by atoms with Gasteiger partial charge < -0.3 is 9.64 Å². The Balaban J connectivity index is 2.06. The van der Waals surface area contributed by atoms with Crippen LogP contribution in [0.3, 0.4) is 0 Å². The van der Waals surface area contributed by atoms with Crippen molar-refractivity contribution >= 4 is 17.5 Å². The maximum atomic E-state index is 11.8. The van der Waals surface area contributed by atoms with Gasteiger partial charge in [0, 0.05) is 6.54 Å². The smallest absolute Gasteiger partial charge is 0.240 e. The van der Waals surface area contributed by atoms with Gasteiger partial charge in [-0.25, -0.2) is 0 Å². The zero-order valence-electron chi connectivity index (χ0n) is 8.41. The Hall–Kier alpha value is -0.280. The van der Waals surface area contributed by atoms with Crippen molar-refractivity contribution in [1.82, 2.24) is 4.90 Å². The summed E-state index contributed by atoms with van der Waals surface area (Å²) in [7, 11) is 0.